The van der Waals surface area contributed by atoms with Crippen molar-refractivity contribution in [1.29, 1.82) is 0 Å². The molecule has 0 saturated carbocycles. The third kappa shape index (κ3) is 4.69. The zero-order chi connectivity index (χ0) is 18.4. The summed E-state index contributed by atoms with van der Waals surface area (Å²) in [4.78, 5) is 23.5. The first-order chi connectivity index (χ1) is 11.8. The van der Waals surface area contributed by atoms with Crippen LogP contribution in [0, 0.1) is 0 Å². The summed E-state index contributed by atoms with van der Waals surface area (Å²) in [6.07, 6.45) is 2.68. The smallest absolute Gasteiger partial charge is 0.305 e. The molecule has 0 fully saturated rings. The molecule has 0 aliphatic carbocycles. The van der Waals surface area contributed by atoms with Crippen molar-refractivity contribution < 1.29 is 22.4 Å². The molecule has 0 saturated heterocycles. The van der Waals surface area contributed by atoms with Crippen LogP contribution in [0.3, 0.4) is 0 Å². The predicted octanol–water partition coefficient (Wildman–Crippen LogP) is 1.47. The molecule has 0 spiro atoms. The van der Waals surface area contributed by atoms with Gasteiger partial charge in [-0.15, -0.1) is 6.58 Å². The van der Waals surface area contributed by atoms with Gasteiger partial charge < -0.3 is 4.42 Å². The van der Waals surface area contributed by atoms with Gasteiger partial charge >= 0.3 is 5.91 Å². The van der Waals surface area contributed by atoms with E-state index in [2.05, 4.69) is 22.2 Å². The monoisotopic (exact) mass is 383 g/mol. The molecule has 0 bridgehead atoms. The van der Waals surface area contributed by atoms with Gasteiger partial charge in [-0.3, -0.25) is 20.4 Å². The van der Waals surface area contributed by atoms with Crippen LogP contribution in [0.15, 0.2) is 58.6 Å². The minimum atomic E-state index is -3.91. The minimum absolute atomic E-state index is 0.00768. The van der Waals surface area contributed by atoms with Gasteiger partial charge in [-0.25, -0.2) is 13.1 Å². The third-order valence-corrected chi connectivity index (χ3v) is 4.84. The normalized spacial score (nSPS) is 10.9. The van der Waals surface area contributed by atoms with E-state index in [-0.39, 0.29) is 27.8 Å². The van der Waals surface area contributed by atoms with Crippen LogP contribution in [0.4, 0.5) is 0 Å². The van der Waals surface area contributed by atoms with Gasteiger partial charge in [-0.2, -0.15) is 0 Å². The zero-order valence-electron chi connectivity index (χ0n) is 12.8. The molecule has 10 heteroatoms. The first-order valence-corrected chi connectivity index (χ1v) is 8.75. The average molecular weight is 384 g/mol. The molecule has 25 heavy (non-hydrogen) atoms. The van der Waals surface area contributed by atoms with Crippen LogP contribution < -0.4 is 15.6 Å². The van der Waals surface area contributed by atoms with E-state index in [4.69, 9.17) is 16.0 Å². The Balaban J connectivity index is 2.14. The molecule has 0 radical (unpaired) electrons. The van der Waals surface area contributed by atoms with Crippen molar-refractivity contribution in [3.05, 3.63) is 65.6 Å². The number of hydrogen-bond donors (Lipinski definition) is 3. The van der Waals surface area contributed by atoms with Crippen molar-refractivity contribution in [2.24, 2.45) is 0 Å². The Morgan fingerprint density at radius 3 is 2.56 bits per heavy atom. The van der Waals surface area contributed by atoms with Gasteiger partial charge in [0.1, 0.15) is 4.90 Å². The van der Waals surface area contributed by atoms with E-state index in [1.54, 1.807) is 0 Å². The minimum Gasteiger partial charge on any atom is -0.459 e. The lowest BCUT2D eigenvalue weighted by Gasteiger charge is -2.10. The number of hydrogen-bond acceptors (Lipinski definition) is 5. The van der Waals surface area contributed by atoms with Gasteiger partial charge in [0.25, 0.3) is 5.91 Å². The maximum absolute atomic E-state index is 12.2. The van der Waals surface area contributed by atoms with Crippen LogP contribution in [0.25, 0.3) is 0 Å². The lowest BCUT2D eigenvalue weighted by molar-refractivity contribution is 0.0831. The number of carbonyl (C=O) groups is 2. The Morgan fingerprint density at radius 2 is 1.92 bits per heavy atom. The van der Waals surface area contributed by atoms with Crippen LogP contribution in [-0.4, -0.2) is 26.8 Å². The number of carbonyl (C=O) groups excluding carboxylic acids is 2. The summed E-state index contributed by atoms with van der Waals surface area (Å²) in [5, 5.41) is -0.0484. The Bertz CT molecular complexity index is 894. The van der Waals surface area contributed by atoms with Crippen molar-refractivity contribution in [2.45, 2.75) is 4.90 Å². The fourth-order valence-electron chi connectivity index (χ4n) is 1.75. The number of halogens is 1. The van der Waals surface area contributed by atoms with Crippen LogP contribution in [0.2, 0.25) is 5.02 Å². The van der Waals surface area contributed by atoms with Crippen molar-refractivity contribution >= 4 is 33.4 Å². The van der Waals surface area contributed by atoms with Gasteiger partial charge in [0.05, 0.1) is 11.3 Å². The fraction of sp³-hybridized carbons (Fsp3) is 0.0667. The van der Waals surface area contributed by atoms with Crippen molar-refractivity contribution in [3.63, 3.8) is 0 Å². The number of benzene rings is 1. The molecule has 1 aromatic carbocycles. The fourth-order valence-corrected chi connectivity index (χ4v) is 3.27. The molecule has 1 heterocycles. The standard InChI is InChI=1S/C15H14ClN3O5S/c1-2-7-17-25(22,23)13-9-10(5-6-11(13)16)14(20)18-19-15(21)12-4-3-8-24-12/h2-6,8-9,17H,1,7H2,(H,18,20)(H,19,21). The maximum atomic E-state index is 12.2. The summed E-state index contributed by atoms with van der Waals surface area (Å²) in [5.41, 5.74) is 4.29. The van der Waals surface area contributed by atoms with E-state index in [1.807, 2.05) is 0 Å². The summed E-state index contributed by atoms with van der Waals surface area (Å²) in [6, 6.07) is 6.63. The summed E-state index contributed by atoms with van der Waals surface area (Å²) in [6.45, 7) is 3.42. The highest BCUT2D eigenvalue weighted by Crippen LogP contribution is 2.22. The second-order valence-electron chi connectivity index (χ2n) is 4.67. The number of rotatable bonds is 6. The summed E-state index contributed by atoms with van der Waals surface area (Å²) in [5.74, 6) is -1.38. The Kier molecular flexibility index (Phi) is 5.97. The van der Waals surface area contributed by atoms with E-state index in [0.717, 1.165) is 6.07 Å². The van der Waals surface area contributed by atoms with Crippen LogP contribution in [0.5, 0.6) is 0 Å². The predicted molar refractivity (Wildman–Crippen MR) is 90.5 cm³/mol. The van der Waals surface area contributed by atoms with Crippen molar-refractivity contribution in [3.8, 4) is 0 Å². The summed E-state index contributed by atoms with van der Waals surface area (Å²) >= 11 is 5.90. The first-order valence-electron chi connectivity index (χ1n) is 6.89. The molecule has 132 valence electrons. The Hall–Kier alpha value is -2.62. The van der Waals surface area contributed by atoms with E-state index >= 15 is 0 Å². The van der Waals surface area contributed by atoms with Gasteiger partial charge in [-0.05, 0) is 30.3 Å². The Morgan fingerprint density at radius 1 is 1.20 bits per heavy atom. The number of hydrazine groups is 1. The molecular formula is C15H14ClN3O5S. The molecule has 3 N–H and O–H groups in total. The van der Waals surface area contributed by atoms with Gasteiger partial charge in [0.15, 0.2) is 5.76 Å². The summed E-state index contributed by atoms with van der Waals surface area (Å²) in [7, 11) is -3.91. The highest BCUT2D eigenvalue weighted by atomic mass is 35.5. The SMILES string of the molecule is C=CCNS(=O)(=O)c1cc(C(=O)NNC(=O)c2ccco2)ccc1Cl. The second-order valence-corrected chi connectivity index (χ2v) is 6.81. The van der Waals surface area contributed by atoms with Crippen molar-refractivity contribution in [2.75, 3.05) is 6.54 Å². The van der Waals surface area contributed by atoms with E-state index in [9.17, 15) is 18.0 Å². The maximum Gasteiger partial charge on any atom is 0.305 e. The van der Waals surface area contributed by atoms with E-state index in [1.165, 1.54) is 36.6 Å². The molecular weight excluding hydrogens is 370 g/mol. The van der Waals surface area contributed by atoms with E-state index < -0.39 is 21.8 Å². The lowest BCUT2D eigenvalue weighted by Crippen LogP contribution is -2.41. The molecule has 8 nitrogen and oxygen atoms in total. The number of furan rings is 1. The van der Waals surface area contributed by atoms with Crippen LogP contribution in [-0.2, 0) is 10.0 Å². The first kappa shape index (κ1) is 18.7. The van der Waals surface area contributed by atoms with Gasteiger partial charge in [0.2, 0.25) is 10.0 Å². The molecule has 2 rings (SSSR count). The highest BCUT2D eigenvalue weighted by molar-refractivity contribution is 7.89. The van der Waals surface area contributed by atoms with Crippen LogP contribution >= 0.6 is 11.6 Å². The lowest BCUT2D eigenvalue weighted by atomic mass is 10.2. The zero-order valence-corrected chi connectivity index (χ0v) is 14.4. The molecule has 2 aromatic rings. The quantitative estimate of drug-likeness (QED) is 0.515. The number of sulfonamides is 1. The molecule has 1 aromatic heterocycles. The van der Waals surface area contributed by atoms with Gasteiger partial charge in [-0.1, -0.05) is 17.7 Å². The second kappa shape index (κ2) is 7.97. The average Bonchev–Trinajstić information content (AvgIpc) is 3.12. The largest absolute Gasteiger partial charge is 0.459 e. The third-order valence-electron chi connectivity index (χ3n) is 2.94. The molecule has 0 atom stereocenters. The molecule has 0 unspecified atom stereocenters. The van der Waals surface area contributed by atoms with Gasteiger partial charge in [0, 0.05) is 12.1 Å². The molecule has 0 aliphatic heterocycles. The van der Waals surface area contributed by atoms with E-state index in [0.29, 0.717) is 0 Å². The Labute approximate surface area is 148 Å². The summed E-state index contributed by atoms with van der Waals surface area (Å²) < 4.78 is 31.4. The number of amides is 2. The number of nitrogens with one attached hydrogen (secondary N) is 3. The van der Waals surface area contributed by atoms with Crippen molar-refractivity contribution in [1.82, 2.24) is 15.6 Å². The topological polar surface area (TPSA) is 118 Å². The molecule has 2 amide bonds. The highest BCUT2D eigenvalue weighted by Gasteiger charge is 2.20. The molecule has 0 aliphatic rings. The van der Waals surface area contributed by atoms with Crippen LogP contribution in [0.1, 0.15) is 20.9 Å².